The van der Waals surface area contributed by atoms with Crippen molar-refractivity contribution in [1.29, 1.82) is 0 Å². The molecule has 0 bridgehead atoms. The maximum atomic E-state index is 12.7. The van der Waals surface area contributed by atoms with Crippen LogP contribution in [0.3, 0.4) is 0 Å². The standard InChI is InChI=1S/C28H42O4/c1-20(14-15-21(2)27(3,4)31-19-30-6)23-16-17-24-25(13-10-18-28(23,24)5)32-26(29)22-11-8-7-9-12-22/h7-9,11-12,14-15,20-21,23-25H,10,13,16-19H2,1-6H3/b15-14+/t20-,21+,23-,24?,25+,28-/m1/s1. The first-order chi connectivity index (χ1) is 15.2. The summed E-state index contributed by atoms with van der Waals surface area (Å²) >= 11 is 0. The van der Waals surface area contributed by atoms with Crippen LogP contribution in [0.5, 0.6) is 0 Å². The van der Waals surface area contributed by atoms with Crippen LogP contribution >= 0.6 is 0 Å². The summed E-state index contributed by atoms with van der Waals surface area (Å²) < 4.78 is 17.0. The molecule has 2 aliphatic rings. The molecule has 0 radical (unpaired) electrons. The van der Waals surface area contributed by atoms with Crippen molar-refractivity contribution < 1.29 is 19.0 Å². The van der Waals surface area contributed by atoms with E-state index in [1.54, 1.807) is 7.11 Å². The van der Waals surface area contributed by atoms with Gasteiger partial charge in [0.25, 0.3) is 0 Å². The number of esters is 1. The van der Waals surface area contributed by atoms with Crippen LogP contribution in [0.25, 0.3) is 0 Å². The molecular formula is C28H42O4. The quantitative estimate of drug-likeness (QED) is 0.244. The van der Waals surface area contributed by atoms with Crippen molar-refractivity contribution in [1.82, 2.24) is 0 Å². The van der Waals surface area contributed by atoms with Crippen LogP contribution in [0.15, 0.2) is 42.5 Å². The lowest BCUT2D eigenvalue weighted by molar-refractivity contribution is -0.128. The Bertz CT molecular complexity index is 771. The Labute approximate surface area is 194 Å². The molecular weight excluding hydrogens is 400 g/mol. The van der Waals surface area contributed by atoms with Gasteiger partial charge in [0, 0.05) is 18.9 Å². The van der Waals surface area contributed by atoms with Crippen LogP contribution in [0.2, 0.25) is 0 Å². The molecule has 6 atom stereocenters. The van der Waals surface area contributed by atoms with Crippen LogP contribution < -0.4 is 0 Å². The Hall–Kier alpha value is -1.65. The van der Waals surface area contributed by atoms with E-state index in [9.17, 15) is 4.79 Å². The van der Waals surface area contributed by atoms with Gasteiger partial charge in [-0.25, -0.2) is 4.79 Å². The summed E-state index contributed by atoms with van der Waals surface area (Å²) in [5.74, 6) is 1.65. The number of hydrogen-bond acceptors (Lipinski definition) is 4. The summed E-state index contributed by atoms with van der Waals surface area (Å²) in [5, 5.41) is 0. The van der Waals surface area contributed by atoms with Gasteiger partial charge >= 0.3 is 5.97 Å². The van der Waals surface area contributed by atoms with Gasteiger partial charge in [0.05, 0.1) is 11.2 Å². The lowest BCUT2D eigenvalue weighted by atomic mass is 9.61. The summed E-state index contributed by atoms with van der Waals surface area (Å²) in [5.41, 5.74) is 0.600. The molecule has 178 valence electrons. The van der Waals surface area contributed by atoms with Gasteiger partial charge in [-0.1, -0.05) is 51.1 Å². The molecule has 0 aliphatic heterocycles. The van der Waals surface area contributed by atoms with Crippen LogP contribution in [-0.2, 0) is 14.2 Å². The van der Waals surface area contributed by atoms with E-state index < -0.39 is 0 Å². The zero-order chi connectivity index (χ0) is 23.4. The van der Waals surface area contributed by atoms with Crippen LogP contribution in [0.4, 0.5) is 0 Å². The average molecular weight is 443 g/mol. The van der Waals surface area contributed by atoms with E-state index in [2.05, 4.69) is 46.8 Å². The van der Waals surface area contributed by atoms with Crippen molar-refractivity contribution in [3.8, 4) is 0 Å². The van der Waals surface area contributed by atoms with Crippen molar-refractivity contribution in [2.45, 2.75) is 78.4 Å². The highest BCUT2D eigenvalue weighted by molar-refractivity contribution is 5.89. The molecule has 0 N–H and O–H groups in total. The molecule has 4 heteroatoms. The number of carbonyl (C=O) groups is 1. The number of methoxy groups -OCH3 is 1. The van der Waals surface area contributed by atoms with E-state index in [4.69, 9.17) is 14.2 Å². The molecule has 1 aromatic rings. The predicted octanol–water partition coefficient (Wildman–Crippen LogP) is 6.66. The molecule has 2 saturated carbocycles. The fraction of sp³-hybridized carbons (Fsp3) is 0.679. The van der Waals surface area contributed by atoms with E-state index in [-0.39, 0.29) is 29.0 Å². The monoisotopic (exact) mass is 442 g/mol. The van der Waals surface area contributed by atoms with Gasteiger partial charge in [0.2, 0.25) is 0 Å². The molecule has 0 spiro atoms. The van der Waals surface area contributed by atoms with Gasteiger partial charge in [0.15, 0.2) is 0 Å². The molecule has 0 aromatic heterocycles. The summed E-state index contributed by atoms with van der Waals surface area (Å²) in [6.07, 6.45) is 10.4. The second kappa shape index (κ2) is 10.5. The van der Waals surface area contributed by atoms with E-state index in [0.717, 1.165) is 19.3 Å². The molecule has 0 amide bonds. The Morgan fingerprint density at radius 3 is 2.56 bits per heavy atom. The molecule has 1 unspecified atom stereocenters. The lowest BCUT2D eigenvalue weighted by Gasteiger charge is -2.45. The third-order valence-corrected chi connectivity index (χ3v) is 8.39. The minimum Gasteiger partial charge on any atom is -0.458 e. The minimum absolute atomic E-state index is 0.0305. The Kier molecular flexibility index (Phi) is 8.21. The molecule has 2 fully saturated rings. The highest BCUT2D eigenvalue weighted by Crippen LogP contribution is 2.58. The first kappa shape index (κ1) is 25.0. The lowest BCUT2D eigenvalue weighted by Crippen LogP contribution is -2.43. The van der Waals surface area contributed by atoms with Gasteiger partial charge in [-0.2, -0.15) is 0 Å². The Balaban J connectivity index is 1.65. The molecule has 4 nitrogen and oxygen atoms in total. The summed E-state index contributed by atoms with van der Waals surface area (Å²) in [6, 6.07) is 9.39. The van der Waals surface area contributed by atoms with Crippen molar-refractivity contribution in [3.63, 3.8) is 0 Å². The summed E-state index contributed by atoms with van der Waals surface area (Å²) in [4.78, 5) is 12.7. The fourth-order valence-electron chi connectivity index (χ4n) is 5.99. The fourth-order valence-corrected chi connectivity index (χ4v) is 5.99. The first-order valence-corrected chi connectivity index (χ1v) is 12.3. The maximum absolute atomic E-state index is 12.7. The zero-order valence-electron chi connectivity index (χ0n) is 20.8. The van der Waals surface area contributed by atoms with Gasteiger partial charge < -0.3 is 14.2 Å². The number of rotatable bonds is 9. The smallest absolute Gasteiger partial charge is 0.338 e. The van der Waals surface area contributed by atoms with Crippen LogP contribution in [0, 0.1) is 29.1 Å². The van der Waals surface area contributed by atoms with Gasteiger partial charge in [-0.05, 0) is 75.3 Å². The molecule has 2 aliphatic carbocycles. The summed E-state index contributed by atoms with van der Waals surface area (Å²) in [7, 11) is 1.66. The molecule has 3 rings (SSSR count). The molecule has 32 heavy (non-hydrogen) atoms. The van der Waals surface area contributed by atoms with Crippen LogP contribution in [-0.4, -0.2) is 31.6 Å². The highest BCUT2D eigenvalue weighted by Gasteiger charge is 2.53. The van der Waals surface area contributed by atoms with Crippen molar-refractivity contribution >= 4 is 5.97 Å². The number of fused-ring (bicyclic) bond motifs is 1. The van der Waals surface area contributed by atoms with Crippen LogP contribution in [0.1, 0.15) is 77.1 Å². The van der Waals surface area contributed by atoms with Crippen molar-refractivity contribution in [2.24, 2.45) is 29.1 Å². The van der Waals surface area contributed by atoms with E-state index in [1.807, 2.05) is 30.3 Å². The Morgan fingerprint density at radius 1 is 1.16 bits per heavy atom. The maximum Gasteiger partial charge on any atom is 0.338 e. The van der Waals surface area contributed by atoms with Gasteiger partial charge in [-0.15, -0.1) is 0 Å². The van der Waals surface area contributed by atoms with Gasteiger partial charge in [-0.3, -0.25) is 0 Å². The normalized spacial score (nSPS) is 30.1. The Morgan fingerprint density at radius 2 is 1.88 bits per heavy atom. The number of hydrogen-bond donors (Lipinski definition) is 0. The SMILES string of the molecule is COCOC(C)(C)[C@@H](C)/C=C/[C@@H](C)[C@H]1CCC2[C@@H](OC(=O)c3ccccc3)CCC[C@@]21C. The third-order valence-electron chi connectivity index (χ3n) is 8.39. The van der Waals surface area contributed by atoms with E-state index >= 15 is 0 Å². The topological polar surface area (TPSA) is 44.8 Å². The van der Waals surface area contributed by atoms with Crippen molar-refractivity contribution in [2.75, 3.05) is 13.9 Å². The second-order valence-corrected chi connectivity index (χ2v) is 10.7. The highest BCUT2D eigenvalue weighted by atomic mass is 16.7. The third kappa shape index (κ3) is 5.46. The zero-order valence-corrected chi connectivity index (χ0v) is 20.8. The first-order valence-electron chi connectivity index (χ1n) is 12.3. The van der Waals surface area contributed by atoms with Crippen molar-refractivity contribution in [3.05, 3.63) is 48.0 Å². The largest absolute Gasteiger partial charge is 0.458 e. The molecule has 0 heterocycles. The number of benzene rings is 1. The second-order valence-electron chi connectivity index (χ2n) is 10.7. The molecule has 1 aromatic carbocycles. The summed E-state index contributed by atoms with van der Waals surface area (Å²) in [6.45, 7) is 11.5. The number of allylic oxidation sites excluding steroid dienone is 1. The number of ether oxygens (including phenoxy) is 3. The minimum atomic E-state index is -0.268. The number of carbonyl (C=O) groups excluding carboxylic acids is 1. The predicted molar refractivity (Wildman–Crippen MR) is 128 cm³/mol. The van der Waals surface area contributed by atoms with Gasteiger partial charge in [0.1, 0.15) is 12.9 Å². The van der Waals surface area contributed by atoms with E-state index in [0.29, 0.717) is 30.1 Å². The average Bonchev–Trinajstić information content (AvgIpc) is 3.14. The van der Waals surface area contributed by atoms with E-state index in [1.165, 1.54) is 12.8 Å². The molecule has 0 saturated heterocycles.